The molecule has 0 saturated carbocycles. The summed E-state index contributed by atoms with van der Waals surface area (Å²) in [5.74, 6) is 0. The number of benzene rings is 2. The molecule has 2 aliphatic heterocycles. The minimum Gasteiger partial charge on any atom is -0.128 e. The molecule has 2 atom stereocenters. The number of thioether (sulfide) groups is 1. The van der Waals surface area contributed by atoms with Gasteiger partial charge in [-0.3, -0.25) is 0 Å². The third-order valence-corrected chi connectivity index (χ3v) is 7.84. The lowest BCUT2D eigenvalue weighted by Crippen LogP contribution is -2.52. The Kier molecular flexibility index (Phi) is 4.19. The molecule has 0 fully saturated rings. The third-order valence-electron chi connectivity index (χ3n) is 6.56. The summed E-state index contributed by atoms with van der Waals surface area (Å²) in [5.41, 5.74) is 11.9. The van der Waals surface area contributed by atoms with Gasteiger partial charge < -0.3 is 0 Å². The van der Waals surface area contributed by atoms with Crippen LogP contribution in [-0.4, -0.2) is 12.0 Å². The van der Waals surface area contributed by atoms with Gasteiger partial charge in [0.2, 0.25) is 6.71 Å². The van der Waals surface area contributed by atoms with E-state index in [-0.39, 0.29) is 5.31 Å². The summed E-state index contributed by atoms with van der Waals surface area (Å²) >= 11 is 2.07. The fraction of sp³-hybridized carbons (Fsp3) is 0.417. The van der Waals surface area contributed by atoms with Gasteiger partial charge in [-0.2, -0.15) is 0 Å². The van der Waals surface area contributed by atoms with E-state index in [0.29, 0.717) is 12.0 Å². The highest BCUT2D eigenvalue weighted by Gasteiger charge is 2.55. The molecule has 2 heterocycles. The van der Waals surface area contributed by atoms with E-state index in [1.807, 2.05) is 0 Å². The molecule has 0 radical (unpaired) electrons. The quantitative estimate of drug-likeness (QED) is 0.632. The average Bonchev–Trinajstić information content (AvgIpc) is 2.95. The number of fused-ring (bicyclic) bond motifs is 1. The second kappa shape index (κ2) is 6.06. The third kappa shape index (κ3) is 2.53. The predicted octanol–water partition coefficient (Wildman–Crippen LogP) is 5.17. The SMILES string of the molecule is CC1=CC2(Cc3cc(C)cc(C)c3B2c2c(C)cc(C)cc2C)[C@H](C)S1. The summed E-state index contributed by atoms with van der Waals surface area (Å²) in [4.78, 5) is 1.49. The van der Waals surface area contributed by atoms with Gasteiger partial charge in [0.15, 0.2) is 0 Å². The van der Waals surface area contributed by atoms with E-state index in [9.17, 15) is 0 Å². The summed E-state index contributed by atoms with van der Waals surface area (Å²) in [6.45, 7) is 16.6. The van der Waals surface area contributed by atoms with Crippen molar-refractivity contribution >= 4 is 29.4 Å². The van der Waals surface area contributed by atoms with E-state index in [0.717, 1.165) is 0 Å². The van der Waals surface area contributed by atoms with Crippen molar-refractivity contribution < 1.29 is 0 Å². The standard InChI is InChI=1S/C24H29BS/c1-14-8-16(3)22(17(4)9-14)25-23-18(5)10-15(2)11-21(23)13-24(25)12-19(6)26-20(24)7/h8-12,20H,13H2,1-7H3/t20-,24?/m0/s1. The average molecular weight is 360 g/mol. The molecule has 2 heteroatoms. The van der Waals surface area contributed by atoms with Crippen LogP contribution in [0.5, 0.6) is 0 Å². The molecule has 0 N–H and O–H groups in total. The Morgan fingerprint density at radius 2 is 1.38 bits per heavy atom. The van der Waals surface area contributed by atoms with E-state index in [4.69, 9.17) is 0 Å². The van der Waals surface area contributed by atoms with E-state index < -0.39 is 0 Å². The number of rotatable bonds is 1. The maximum absolute atomic E-state index is 2.61. The first-order valence-electron chi connectivity index (χ1n) is 9.77. The van der Waals surface area contributed by atoms with Crippen molar-refractivity contribution in [2.75, 3.05) is 0 Å². The van der Waals surface area contributed by atoms with Crippen LogP contribution in [0.4, 0.5) is 0 Å². The van der Waals surface area contributed by atoms with Gasteiger partial charge in [0.05, 0.1) is 0 Å². The Balaban J connectivity index is 2.04. The highest BCUT2D eigenvalue weighted by molar-refractivity contribution is 8.04. The molecule has 26 heavy (non-hydrogen) atoms. The molecule has 0 amide bonds. The zero-order valence-electron chi connectivity index (χ0n) is 17.2. The van der Waals surface area contributed by atoms with Crippen molar-refractivity contribution in [1.82, 2.24) is 0 Å². The minimum atomic E-state index is 0.209. The number of hydrogen-bond acceptors (Lipinski definition) is 1. The first kappa shape index (κ1) is 18.0. The first-order chi connectivity index (χ1) is 12.2. The molecule has 2 aliphatic rings. The molecule has 2 aromatic carbocycles. The minimum absolute atomic E-state index is 0.209. The zero-order valence-corrected chi connectivity index (χ0v) is 18.0. The number of hydrogen-bond donors (Lipinski definition) is 0. The van der Waals surface area contributed by atoms with Gasteiger partial charge in [-0.15, -0.1) is 11.8 Å². The summed E-state index contributed by atoms with van der Waals surface area (Å²) in [7, 11) is 0. The van der Waals surface area contributed by atoms with Crippen molar-refractivity contribution in [3.05, 3.63) is 68.6 Å². The maximum Gasteiger partial charge on any atom is 0.222 e. The Morgan fingerprint density at radius 1 is 0.846 bits per heavy atom. The van der Waals surface area contributed by atoms with Crippen molar-refractivity contribution in [3.63, 3.8) is 0 Å². The molecule has 2 aromatic rings. The van der Waals surface area contributed by atoms with Crippen LogP contribution in [-0.2, 0) is 6.42 Å². The van der Waals surface area contributed by atoms with Crippen molar-refractivity contribution in [2.45, 2.75) is 65.5 Å². The number of allylic oxidation sites excluding steroid dienone is 2. The molecular formula is C24H29BS. The fourth-order valence-corrected chi connectivity index (χ4v) is 7.17. The van der Waals surface area contributed by atoms with Crippen molar-refractivity contribution in [1.29, 1.82) is 0 Å². The normalized spacial score (nSPS) is 24.3. The summed E-state index contributed by atoms with van der Waals surface area (Å²) < 4.78 is 0. The molecule has 0 aromatic heterocycles. The smallest absolute Gasteiger partial charge is 0.128 e. The second-order valence-electron chi connectivity index (χ2n) is 8.70. The molecular weight excluding hydrogens is 331 g/mol. The molecule has 134 valence electrons. The Labute approximate surface area is 163 Å². The lowest BCUT2D eigenvalue weighted by atomic mass is 9.27. The Bertz CT molecular complexity index is 916. The molecule has 0 bridgehead atoms. The molecule has 1 unspecified atom stereocenters. The topological polar surface area (TPSA) is 0 Å². The maximum atomic E-state index is 2.61. The molecule has 0 nitrogen and oxygen atoms in total. The molecule has 4 rings (SSSR count). The predicted molar refractivity (Wildman–Crippen MR) is 119 cm³/mol. The van der Waals surface area contributed by atoms with Crippen LogP contribution in [0, 0.1) is 34.6 Å². The van der Waals surface area contributed by atoms with Crippen LogP contribution in [0.1, 0.15) is 47.2 Å². The largest absolute Gasteiger partial charge is 0.222 e. The first-order valence-corrected chi connectivity index (χ1v) is 10.6. The van der Waals surface area contributed by atoms with E-state index >= 15 is 0 Å². The van der Waals surface area contributed by atoms with Gasteiger partial charge in [0.25, 0.3) is 0 Å². The zero-order chi connectivity index (χ0) is 18.8. The summed E-state index contributed by atoms with van der Waals surface area (Å²) in [6.07, 6.45) is 3.79. The van der Waals surface area contributed by atoms with Gasteiger partial charge in [0.1, 0.15) is 0 Å². The molecule has 1 spiro atoms. The van der Waals surface area contributed by atoms with Crippen LogP contribution in [0.2, 0.25) is 5.31 Å². The van der Waals surface area contributed by atoms with Crippen LogP contribution < -0.4 is 10.9 Å². The van der Waals surface area contributed by atoms with Gasteiger partial charge in [-0.25, -0.2) is 0 Å². The second-order valence-corrected chi connectivity index (χ2v) is 10.3. The number of aryl methyl sites for hydroxylation is 5. The van der Waals surface area contributed by atoms with Gasteiger partial charge >= 0.3 is 0 Å². The van der Waals surface area contributed by atoms with Gasteiger partial charge in [-0.1, -0.05) is 81.6 Å². The van der Waals surface area contributed by atoms with E-state index in [1.165, 1.54) is 39.1 Å². The van der Waals surface area contributed by atoms with Crippen LogP contribution in [0.25, 0.3) is 0 Å². The molecule has 0 aliphatic carbocycles. The summed E-state index contributed by atoms with van der Waals surface area (Å²) in [5, 5.41) is 0.820. The lowest BCUT2D eigenvalue weighted by molar-refractivity contribution is 0.678. The Hall–Kier alpha value is -1.41. The Morgan fingerprint density at radius 3 is 1.92 bits per heavy atom. The van der Waals surface area contributed by atoms with E-state index in [1.54, 1.807) is 16.5 Å². The van der Waals surface area contributed by atoms with Crippen molar-refractivity contribution in [2.24, 2.45) is 0 Å². The summed E-state index contributed by atoms with van der Waals surface area (Å²) in [6, 6.07) is 9.58. The van der Waals surface area contributed by atoms with Crippen LogP contribution in [0.3, 0.4) is 0 Å². The van der Waals surface area contributed by atoms with Crippen molar-refractivity contribution in [3.8, 4) is 0 Å². The monoisotopic (exact) mass is 360 g/mol. The van der Waals surface area contributed by atoms with E-state index in [2.05, 4.69) is 90.6 Å². The fourth-order valence-electron chi connectivity index (χ4n) is 5.82. The van der Waals surface area contributed by atoms with Gasteiger partial charge in [-0.05, 0) is 58.2 Å². The highest BCUT2D eigenvalue weighted by atomic mass is 32.2. The lowest BCUT2D eigenvalue weighted by Gasteiger charge is -2.34. The van der Waals surface area contributed by atoms with Crippen LogP contribution >= 0.6 is 11.8 Å². The molecule has 0 saturated heterocycles. The van der Waals surface area contributed by atoms with Crippen LogP contribution in [0.15, 0.2) is 35.2 Å². The highest BCUT2D eigenvalue weighted by Crippen LogP contribution is 2.56. The van der Waals surface area contributed by atoms with Gasteiger partial charge in [0, 0.05) is 5.25 Å².